The Labute approximate surface area is 76.1 Å². The molecule has 12 heavy (non-hydrogen) atoms. The average Bonchev–Trinajstić information content (AvgIpc) is 2.25. The summed E-state index contributed by atoms with van der Waals surface area (Å²) in [6.45, 7) is 11.6. The molecule has 0 fully saturated rings. The van der Waals surface area contributed by atoms with E-state index in [0.29, 0.717) is 0 Å². The maximum atomic E-state index is 4.01. The summed E-state index contributed by atoms with van der Waals surface area (Å²) in [5, 5.41) is 2.97. The van der Waals surface area contributed by atoms with Crippen molar-refractivity contribution in [3.05, 3.63) is 24.9 Å². The van der Waals surface area contributed by atoms with Crippen LogP contribution in [0.5, 0.6) is 0 Å². The summed E-state index contributed by atoms with van der Waals surface area (Å²) >= 11 is 0. The van der Waals surface area contributed by atoms with E-state index in [1.807, 2.05) is 40.0 Å². The molecule has 2 heteroatoms. The van der Waals surface area contributed by atoms with Gasteiger partial charge < -0.3 is 5.32 Å². The van der Waals surface area contributed by atoms with E-state index in [0.717, 1.165) is 0 Å². The second-order valence-corrected chi connectivity index (χ2v) is 1.50. The molecule has 1 rings (SSSR count). The van der Waals surface area contributed by atoms with Crippen LogP contribution in [0.15, 0.2) is 29.9 Å². The van der Waals surface area contributed by atoms with Crippen LogP contribution in [0.1, 0.15) is 27.7 Å². The van der Waals surface area contributed by atoms with E-state index in [4.69, 9.17) is 0 Å². The lowest BCUT2D eigenvalue weighted by Crippen LogP contribution is -2.21. The smallest absolute Gasteiger partial charge is 0.136 e. The van der Waals surface area contributed by atoms with E-state index < -0.39 is 0 Å². The molecule has 1 N–H and O–H groups in total. The molecule has 0 amide bonds. The first-order valence-electron chi connectivity index (χ1n) is 4.50. The molecule has 0 saturated heterocycles. The van der Waals surface area contributed by atoms with Crippen molar-refractivity contribution < 1.29 is 0 Å². The van der Waals surface area contributed by atoms with E-state index in [1.54, 1.807) is 12.3 Å². The van der Waals surface area contributed by atoms with Gasteiger partial charge in [-0.15, -0.1) is 0 Å². The Kier molecular flexibility index (Phi) is 14.2. The molecule has 70 valence electrons. The minimum atomic E-state index is 0.0833. The first-order valence-corrected chi connectivity index (χ1v) is 4.50. The lowest BCUT2D eigenvalue weighted by Gasteiger charge is -2.08. The second-order valence-electron chi connectivity index (χ2n) is 1.50. The number of hydrogen-bond donors (Lipinski definition) is 1. The summed E-state index contributed by atoms with van der Waals surface area (Å²) in [5.74, 6) is 0. The van der Waals surface area contributed by atoms with Crippen molar-refractivity contribution >= 4 is 6.21 Å². The summed E-state index contributed by atoms with van der Waals surface area (Å²) in [4.78, 5) is 4.01. The topological polar surface area (TPSA) is 24.4 Å². The first kappa shape index (κ1) is 13.5. The zero-order valence-electron chi connectivity index (χ0n) is 8.54. The largest absolute Gasteiger partial charge is 0.367 e. The molecule has 0 aromatic carbocycles. The lowest BCUT2D eigenvalue weighted by atomic mass is 10.4. The number of rotatable bonds is 1. The number of allylic oxidation sites excluding steroid dienone is 1. The summed E-state index contributed by atoms with van der Waals surface area (Å²) < 4.78 is 0. The van der Waals surface area contributed by atoms with Crippen LogP contribution >= 0.6 is 0 Å². The molecule has 1 unspecified atom stereocenters. The van der Waals surface area contributed by atoms with Crippen LogP contribution in [0.25, 0.3) is 0 Å². The highest BCUT2D eigenvalue weighted by atomic mass is 15.1. The Morgan fingerprint density at radius 1 is 1.33 bits per heavy atom. The van der Waals surface area contributed by atoms with Crippen LogP contribution in [-0.4, -0.2) is 12.4 Å². The Hall–Kier alpha value is -1.05. The molecular formula is C10H20N2. The fraction of sp³-hybridized carbons (Fsp3) is 0.500. The maximum Gasteiger partial charge on any atom is 0.136 e. The molecule has 2 nitrogen and oxygen atoms in total. The highest BCUT2D eigenvalue weighted by Crippen LogP contribution is 1.89. The SMILES string of the molecule is C=CC1N=CC=CN1.CC.CC. The zero-order chi connectivity index (χ0) is 9.82. The van der Waals surface area contributed by atoms with E-state index in [2.05, 4.69) is 16.9 Å². The van der Waals surface area contributed by atoms with Crippen molar-refractivity contribution in [2.24, 2.45) is 4.99 Å². The Bertz CT molecular complexity index is 137. The quantitative estimate of drug-likeness (QED) is 0.598. The van der Waals surface area contributed by atoms with Crippen LogP contribution in [0.2, 0.25) is 0 Å². The summed E-state index contributed by atoms with van der Waals surface area (Å²) in [5.41, 5.74) is 0. The highest BCUT2D eigenvalue weighted by Gasteiger charge is 1.94. The number of hydrogen-bond acceptors (Lipinski definition) is 2. The lowest BCUT2D eigenvalue weighted by molar-refractivity contribution is 0.735. The van der Waals surface area contributed by atoms with Gasteiger partial charge in [0.05, 0.1) is 0 Å². The number of aliphatic imine (C=N–C) groups is 1. The van der Waals surface area contributed by atoms with Gasteiger partial charge in [-0.25, -0.2) is 0 Å². The molecule has 0 spiro atoms. The van der Waals surface area contributed by atoms with Gasteiger partial charge in [-0.3, -0.25) is 4.99 Å². The van der Waals surface area contributed by atoms with Gasteiger partial charge in [-0.2, -0.15) is 0 Å². The van der Waals surface area contributed by atoms with Crippen molar-refractivity contribution in [2.45, 2.75) is 33.9 Å². The summed E-state index contributed by atoms with van der Waals surface area (Å²) in [6, 6.07) is 0. The third-order valence-electron chi connectivity index (χ3n) is 0.919. The van der Waals surface area contributed by atoms with Gasteiger partial charge in [0, 0.05) is 6.21 Å². The predicted octanol–water partition coefficient (Wildman–Crippen LogP) is 2.74. The molecule has 0 bridgehead atoms. The monoisotopic (exact) mass is 168 g/mol. The molecular weight excluding hydrogens is 148 g/mol. The standard InChI is InChI=1S/C6H8N2.2C2H6/c1-2-6-7-4-3-5-8-6;2*1-2/h2-7H,1H2;2*1-2H3. The highest BCUT2D eigenvalue weighted by molar-refractivity contribution is 5.72. The molecule has 1 atom stereocenters. The molecule has 0 aliphatic carbocycles. The van der Waals surface area contributed by atoms with E-state index in [-0.39, 0.29) is 6.17 Å². The van der Waals surface area contributed by atoms with Crippen LogP contribution in [-0.2, 0) is 0 Å². The normalized spacial score (nSPS) is 17.5. The fourth-order valence-electron chi connectivity index (χ4n) is 0.512. The number of nitrogens with one attached hydrogen (secondary N) is 1. The average molecular weight is 168 g/mol. The van der Waals surface area contributed by atoms with Crippen LogP contribution in [0.4, 0.5) is 0 Å². The molecule has 1 aliphatic heterocycles. The molecule has 0 saturated carbocycles. The van der Waals surface area contributed by atoms with Crippen molar-refractivity contribution in [3.63, 3.8) is 0 Å². The van der Waals surface area contributed by atoms with Gasteiger partial charge in [0.1, 0.15) is 6.17 Å². The van der Waals surface area contributed by atoms with Crippen molar-refractivity contribution in [2.75, 3.05) is 0 Å². The third kappa shape index (κ3) is 7.06. The van der Waals surface area contributed by atoms with E-state index in [1.165, 1.54) is 0 Å². The van der Waals surface area contributed by atoms with Crippen LogP contribution in [0, 0.1) is 0 Å². The van der Waals surface area contributed by atoms with Gasteiger partial charge in [-0.1, -0.05) is 34.3 Å². The Balaban J connectivity index is 0. The van der Waals surface area contributed by atoms with Crippen molar-refractivity contribution in [3.8, 4) is 0 Å². The predicted molar refractivity (Wildman–Crippen MR) is 57.4 cm³/mol. The summed E-state index contributed by atoms with van der Waals surface area (Å²) in [6.07, 6.45) is 7.28. The minimum Gasteiger partial charge on any atom is -0.367 e. The number of nitrogens with zero attached hydrogens (tertiary/aromatic N) is 1. The van der Waals surface area contributed by atoms with Gasteiger partial charge in [-0.05, 0) is 18.4 Å². The fourth-order valence-corrected chi connectivity index (χ4v) is 0.512. The zero-order valence-corrected chi connectivity index (χ0v) is 8.54. The van der Waals surface area contributed by atoms with Crippen LogP contribution in [0.3, 0.4) is 0 Å². The minimum absolute atomic E-state index is 0.0833. The molecule has 1 heterocycles. The molecule has 1 aliphatic rings. The summed E-state index contributed by atoms with van der Waals surface area (Å²) in [7, 11) is 0. The Morgan fingerprint density at radius 3 is 2.17 bits per heavy atom. The maximum absolute atomic E-state index is 4.01. The first-order chi connectivity index (χ1) is 5.93. The van der Waals surface area contributed by atoms with Crippen molar-refractivity contribution in [1.82, 2.24) is 5.32 Å². The van der Waals surface area contributed by atoms with E-state index in [9.17, 15) is 0 Å². The molecule has 0 radical (unpaired) electrons. The van der Waals surface area contributed by atoms with Gasteiger partial charge >= 0.3 is 0 Å². The van der Waals surface area contributed by atoms with Crippen LogP contribution < -0.4 is 5.32 Å². The third-order valence-corrected chi connectivity index (χ3v) is 0.919. The van der Waals surface area contributed by atoms with E-state index >= 15 is 0 Å². The van der Waals surface area contributed by atoms with Gasteiger partial charge in [0.2, 0.25) is 0 Å². The van der Waals surface area contributed by atoms with Crippen molar-refractivity contribution in [1.29, 1.82) is 0 Å². The van der Waals surface area contributed by atoms with Gasteiger partial charge in [0.25, 0.3) is 0 Å². The van der Waals surface area contributed by atoms with Gasteiger partial charge in [0.15, 0.2) is 0 Å². The molecule has 0 aromatic heterocycles. The molecule has 0 aromatic rings. The second kappa shape index (κ2) is 12.6. The Morgan fingerprint density at radius 2 is 1.92 bits per heavy atom.